The summed E-state index contributed by atoms with van der Waals surface area (Å²) < 4.78 is 7.70. The van der Waals surface area contributed by atoms with E-state index in [4.69, 9.17) is 4.74 Å². The van der Waals surface area contributed by atoms with Crippen LogP contribution >= 0.6 is 0 Å². The molecule has 2 aromatic carbocycles. The lowest BCUT2D eigenvalue weighted by molar-refractivity contribution is -0.0315. The Morgan fingerprint density at radius 2 is 1.50 bits per heavy atom. The van der Waals surface area contributed by atoms with Crippen molar-refractivity contribution in [1.29, 1.82) is 0 Å². The summed E-state index contributed by atoms with van der Waals surface area (Å²) in [5, 5.41) is 11.1. The fourth-order valence-electron chi connectivity index (χ4n) is 4.72. The molecule has 2 aliphatic heterocycles. The Bertz CT molecular complexity index is 1150. The van der Waals surface area contributed by atoms with Crippen LogP contribution in [0, 0.1) is 6.92 Å². The number of H-pyrrole nitrogens is 1. The van der Waals surface area contributed by atoms with E-state index in [-0.39, 0.29) is 12.6 Å². The molecule has 2 aliphatic rings. The molecule has 166 valence electrons. The molecule has 5 rings (SSSR count). The summed E-state index contributed by atoms with van der Waals surface area (Å²) in [5.41, 5.74) is 1.57. The minimum absolute atomic E-state index is 0.251. The molecule has 3 heterocycles. The minimum Gasteiger partial charge on any atom is -0.390 e. The summed E-state index contributed by atoms with van der Waals surface area (Å²) in [7, 11) is 0. The number of nitrogens with one attached hydrogen (secondary N) is 1. The number of anilines is 2. The first-order chi connectivity index (χ1) is 15.5. The molecule has 0 unspecified atom stereocenters. The van der Waals surface area contributed by atoms with E-state index in [9.17, 15) is 14.7 Å². The van der Waals surface area contributed by atoms with E-state index in [0.29, 0.717) is 5.56 Å². The van der Waals surface area contributed by atoms with Crippen molar-refractivity contribution in [2.24, 2.45) is 0 Å². The molecule has 2 N–H and O–H groups in total. The molecule has 32 heavy (non-hydrogen) atoms. The number of ether oxygens (including phenoxy) is 1. The molecule has 0 amide bonds. The van der Waals surface area contributed by atoms with Crippen molar-refractivity contribution < 1.29 is 9.84 Å². The van der Waals surface area contributed by atoms with Gasteiger partial charge in [-0.15, -0.1) is 0 Å². The number of aryl methyl sites for hydroxylation is 1. The van der Waals surface area contributed by atoms with Crippen molar-refractivity contribution in [2.75, 3.05) is 22.9 Å². The Kier molecular flexibility index (Phi) is 5.32. The van der Waals surface area contributed by atoms with Gasteiger partial charge in [0.1, 0.15) is 18.5 Å². The third-order valence-electron chi connectivity index (χ3n) is 6.28. The number of rotatable bonds is 4. The standard InChI is InChI=1S/C24H26N4O4/c1-16-15-28(24(31)25-22(16)30)20-14-19(29)21(32-20)23-26(17-8-4-2-5-9-17)12-13-27(23)18-10-6-3-7-11-18/h2-11,15,19-21,23,29H,12-14H2,1H3,(H,25,30,31)/t19-,20+,21-/m0/s1. The third kappa shape index (κ3) is 3.61. The Balaban J connectivity index is 1.51. The van der Waals surface area contributed by atoms with Crippen molar-refractivity contribution in [3.8, 4) is 0 Å². The Labute approximate surface area is 185 Å². The molecule has 0 radical (unpaired) electrons. The van der Waals surface area contributed by atoms with Crippen LogP contribution in [0.25, 0.3) is 0 Å². The van der Waals surface area contributed by atoms with Crippen LogP contribution in [-0.4, -0.2) is 46.1 Å². The summed E-state index contributed by atoms with van der Waals surface area (Å²) in [6, 6.07) is 20.1. The maximum Gasteiger partial charge on any atom is 0.330 e. The molecule has 2 saturated heterocycles. The zero-order valence-electron chi connectivity index (χ0n) is 17.8. The van der Waals surface area contributed by atoms with E-state index in [1.54, 1.807) is 6.92 Å². The molecular weight excluding hydrogens is 408 g/mol. The first-order valence-electron chi connectivity index (χ1n) is 10.8. The number of aliphatic hydroxyl groups excluding tert-OH is 1. The first-order valence-corrected chi connectivity index (χ1v) is 10.8. The molecule has 3 atom stereocenters. The average Bonchev–Trinajstić information content (AvgIpc) is 3.41. The van der Waals surface area contributed by atoms with Crippen molar-refractivity contribution in [2.45, 2.75) is 37.9 Å². The Morgan fingerprint density at radius 3 is 2.06 bits per heavy atom. The van der Waals surface area contributed by atoms with Crippen LogP contribution in [0.3, 0.4) is 0 Å². The van der Waals surface area contributed by atoms with Gasteiger partial charge in [0.2, 0.25) is 0 Å². The topological polar surface area (TPSA) is 90.8 Å². The maximum absolute atomic E-state index is 12.4. The van der Waals surface area contributed by atoms with E-state index >= 15 is 0 Å². The highest BCUT2D eigenvalue weighted by Crippen LogP contribution is 2.37. The van der Waals surface area contributed by atoms with E-state index < -0.39 is 29.7 Å². The Hall–Kier alpha value is -3.36. The van der Waals surface area contributed by atoms with Crippen LogP contribution in [0.15, 0.2) is 76.4 Å². The molecule has 0 bridgehead atoms. The van der Waals surface area contributed by atoms with Gasteiger partial charge in [-0.05, 0) is 31.2 Å². The van der Waals surface area contributed by atoms with E-state index in [0.717, 1.165) is 24.5 Å². The molecule has 0 aliphatic carbocycles. The highest BCUT2D eigenvalue weighted by molar-refractivity contribution is 5.57. The van der Waals surface area contributed by atoms with Crippen LogP contribution in [-0.2, 0) is 4.74 Å². The molecule has 8 heteroatoms. The van der Waals surface area contributed by atoms with Crippen molar-refractivity contribution in [3.05, 3.63) is 93.3 Å². The number of nitrogens with zero attached hydrogens (tertiary/aromatic N) is 3. The predicted octanol–water partition coefficient (Wildman–Crippen LogP) is 1.85. The largest absolute Gasteiger partial charge is 0.390 e. The SMILES string of the molecule is Cc1cn([C@H]2C[C@H](O)[C@@H](C3N(c4ccccc4)CCN3c3ccccc3)O2)c(=O)[nH]c1=O. The average molecular weight is 434 g/mol. The second-order valence-corrected chi connectivity index (χ2v) is 8.31. The monoisotopic (exact) mass is 434 g/mol. The van der Waals surface area contributed by atoms with Gasteiger partial charge >= 0.3 is 5.69 Å². The van der Waals surface area contributed by atoms with Crippen LogP contribution < -0.4 is 21.0 Å². The lowest BCUT2D eigenvalue weighted by atomic mass is 10.1. The summed E-state index contributed by atoms with van der Waals surface area (Å²) in [6.45, 7) is 3.19. The van der Waals surface area contributed by atoms with Gasteiger partial charge in [0.15, 0.2) is 0 Å². The number of hydrogen-bond donors (Lipinski definition) is 2. The summed E-state index contributed by atoms with van der Waals surface area (Å²) in [5.74, 6) is 0. The summed E-state index contributed by atoms with van der Waals surface area (Å²) >= 11 is 0. The number of para-hydroxylation sites is 2. The fraction of sp³-hybridized carbons (Fsp3) is 0.333. The molecule has 0 saturated carbocycles. The highest BCUT2D eigenvalue weighted by atomic mass is 16.5. The van der Waals surface area contributed by atoms with Gasteiger partial charge < -0.3 is 19.6 Å². The molecule has 8 nitrogen and oxygen atoms in total. The van der Waals surface area contributed by atoms with E-state index in [1.165, 1.54) is 10.8 Å². The van der Waals surface area contributed by atoms with Gasteiger partial charge in [0.05, 0.1) is 6.10 Å². The molecule has 2 fully saturated rings. The lowest BCUT2D eigenvalue weighted by Gasteiger charge is -2.37. The lowest BCUT2D eigenvalue weighted by Crippen LogP contribution is -2.51. The quantitative estimate of drug-likeness (QED) is 0.651. The van der Waals surface area contributed by atoms with Crippen LogP contribution in [0.2, 0.25) is 0 Å². The van der Waals surface area contributed by atoms with Crippen LogP contribution in [0.5, 0.6) is 0 Å². The number of hydrogen-bond acceptors (Lipinski definition) is 6. The second kappa shape index (κ2) is 8.29. The number of aromatic amines is 1. The normalized spacial score (nSPS) is 23.8. The van der Waals surface area contributed by atoms with Gasteiger partial charge in [-0.3, -0.25) is 14.3 Å². The van der Waals surface area contributed by atoms with Crippen molar-refractivity contribution in [3.63, 3.8) is 0 Å². The predicted molar refractivity (Wildman–Crippen MR) is 122 cm³/mol. The molecular formula is C24H26N4O4. The van der Waals surface area contributed by atoms with Gasteiger partial charge in [-0.2, -0.15) is 0 Å². The van der Waals surface area contributed by atoms with Gasteiger partial charge in [-0.25, -0.2) is 4.79 Å². The maximum atomic E-state index is 12.4. The van der Waals surface area contributed by atoms with Crippen molar-refractivity contribution in [1.82, 2.24) is 9.55 Å². The van der Waals surface area contributed by atoms with Gasteiger partial charge in [-0.1, -0.05) is 36.4 Å². The smallest absolute Gasteiger partial charge is 0.330 e. The van der Waals surface area contributed by atoms with E-state index in [1.807, 2.05) is 36.4 Å². The van der Waals surface area contributed by atoms with E-state index in [2.05, 4.69) is 39.0 Å². The second-order valence-electron chi connectivity index (χ2n) is 8.31. The van der Waals surface area contributed by atoms with Crippen LogP contribution in [0.4, 0.5) is 11.4 Å². The summed E-state index contributed by atoms with van der Waals surface area (Å²) in [6.07, 6.45) is -0.480. The van der Waals surface area contributed by atoms with Gasteiger partial charge in [0.25, 0.3) is 5.56 Å². The zero-order valence-corrected chi connectivity index (χ0v) is 17.8. The molecule has 0 spiro atoms. The minimum atomic E-state index is -0.778. The summed E-state index contributed by atoms with van der Waals surface area (Å²) in [4.78, 5) is 31.0. The fourth-order valence-corrected chi connectivity index (χ4v) is 4.72. The third-order valence-corrected chi connectivity index (χ3v) is 6.28. The molecule has 1 aromatic heterocycles. The highest BCUT2D eigenvalue weighted by Gasteiger charge is 2.47. The number of aliphatic hydroxyl groups is 1. The van der Waals surface area contributed by atoms with Crippen LogP contribution in [0.1, 0.15) is 18.2 Å². The Morgan fingerprint density at radius 1 is 0.938 bits per heavy atom. The van der Waals surface area contributed by atoms with Gasteiger partial charge in [0, 0.05) is 42.6 Å². The number of benzene rings is 2. The zero-order chi connectivity index (χ0) is 22.2. The van der Waals surface area contributed by atoms with Crippen molar-refractivity contribution >= 4 is 11.4 Å². The first kappa shape index (κ1) is 20.5. The molecule has 3 aromatic rings. The number of aromatic nitrogens is 2.